The van der Waals surface area contributed by atoms with Gasteiger partial charge >= 0.3 is 0 Å². The highest BCUT2D eigenvalue weighted by Gasteiger charge is 2.17. The summed E-state index contributed by atoms with van der Waals surface area (Å²) in [6.45, 7) is 2.59. The van der Waals surface area contributed by atoms with Crippen molar-refractivity contribution in [3.05, 3.63) is 16.9 Å². The second kappa shape index (κ2) is 6.55. The lowest BCUT2D eigenvalue weighted by atomic mass is 10.3. The first kappa shape index (κ1) is 14.7. The van der Waals surface area contributed by atoms with Crippen LogP contribution in [0, 0.1) is 0 Å². The van der Waals surface area contributed by atoms with Crippen LogP contribution in [0.3, 0.4) is 0 Å². The first-order chi connectivity index (χ1) is 8.45. The standard InChI is InChI=1S/C10H16ClN5OS/c1-3-4-5-16(10(12)18)14-9(17)8-7(11)6-15(2)13-8/h6H,3-5H2,1-2H3,(H2,12,18)(H,14,17). The molecular weight excluding hydrogens is 274 g/mol. The van der Waals surface area contributed by atoms with Gasteiger partial charge in [-0.3, -0.25) is 19.9 Å². The van der Waals surface area contributed by atoms with Crippen molar-refractivity contribution in [2.45, 2.75) is 19.8 Å². The number of hydrogen-bond acceptors (Lipinski definition) is 3. The molecule has 0 bridgehead atoms. The molecule has 0 spiro atoms. The van der Waals surface area contributed by atoms with E-state index in [4.69, 9.17) is 29.6 Å². The number of aromatic nitrogens is 2. The van der Waals surface area contributed by atoms with Gasteiger partial charge in [-0.15, -0.1) is 0 Å². The van der Waals surface area contributed by atoms with Crippen molar-refractivity contribution >= 4 is 34.8 Å². The summed E-state index contributed by atoms with van der Waals surface area (Å²) in [5, 5.41) is 5.79. The summed E-state index contributed by atoms with van der Waals surface area (Å²) < 4.78 is 1.47. The van der Waals surface area contributed by atoms with Gasteiger partial charge in [0, 0.05) is 19.8 Å². The number of hydrogen-bond donors (Lipinski definition) is 2. The molecule has 0 aromatic carbocycles. The van der Waals surface area contributed by atoms with Crippen LogP contribution in [0.4, 0.5) is 0 Å². The van der Waals surface area contributed by atoms with E-state index in [0.717, 1.165) is 12.8 Å². The maximum absolute atomic E-state index is 11.9. The summed E-state index contributed by atoms with van der Waals surface area (Å²) in [5.41, 5.74) is 8.27. The molecule has 0 atom stereocenters. The Bertz CT molecular complexity index is 447. The molecule has 0 unspecified atom stereocenters. The van der Waals surface area contributed by atoms with Crippen LogP contribution < -0.4 is 11.2 Å². The van der Waals surface area contributed by atoms with E-state index in [2.05, 4.69) is 10.5 Å². The van der Waals surface area contributed by atoms with Crippen molar-refractivity contribution in [1.82, 2.24) is 20.2 Å². The topological polar surface area (TPSA) is 76.2 Å². The van der Waals surface area contributed by atoms with Crippen LogP contribution in [-0.2, 0) is 7.05 Å². The van der Waals surface area contributed by atoms with E-state index in [1.165, 1.54) is 9.69 Å². The second-order valence-corrected chi connectivity index (χ2v) is 4.61. The Morgan fingerprint density at radius 1 is 1.72 bits per heavy atom. The number of aryl methyl sites for hydroxylation is 1. The minimum atomic E-state index is -0.426. The predicted molar refractivity (Wildman–Crippen MR) is 74.1 cm³/mol. The second-order valence-electron chi connectivity index (χ2n) is 3.78. The van der Waals surface area contributed by atoms with Crippen LogP contribution in [0.2, 0.25) is 5.02 Å². The lowest BCUT2D eigenvalue weighted by molar-refractivity contribution is 0.0864. The minimum absolute atomic E-state index is 0.115. The highest BCUT2D eigenvalue weighted by atomic mass is 35.5. The Hall–Kier alpha value is -1.34. The number of nitrogens with zero attached hydrogens (tertiary/aromatic N) is 3. The lowest BCUT2D eigenvalue weighted by Gasteiger charge is -2.22. The van der Waals surface area contributed by atoms with Crippen molar-refractivity contribution in [3.63, 3.8) is 0 Å². The van der Waals surface area contributed by atoms with Gasteiger partial charge in [0.2, 0.25) is 0 Å². The number of unbranched alkanes of at least 4 members (excludes halogenated alkanes) is 1. The Balaban J connectivity index is 2.72. The normalized spacial score (nSPS) is 10.2. The van der Waals surface area contributed by atoms with Gasteiger partial charge in [-0.05, 0) is 18.6 Å². The van der Waals surface area contributed by atoms with Gasteiger partial charge < -0.3 is 5.73 Å². The first-order valence-corrected chi connectivity index (χ1v) is 6.31. The predicted octanol–water partition coefficient (Wildman–Crippen LogP) is 1.06. The van der Waals surface area contributed by atoms with Gasteiger partial charge in [0.05, 0.1) is 5.02 Å². The maximum atomic E-state index is 11.9. The van der Waals surface area contributed by atoms with Crippen LogP contribution in [0.15, 0.2) is 6.20 Å². The zero-order valence-corrected chi connectivity index (χ0v) is 11.9. The van der Waals surface area contributed by atoms with Crippen LogP contribution in [0.25, 0.3) is 0 Å². The van der Waals surface area contributed by atoms with Gasteiger partial charge in [0.1, 0.15) is 0 Å². The molecule has 0 aliphatic heterocycles. The smallest absolute Gasteiger partial charge is 0.291 e. The number of nitrogens with one attached hydrogen (secondary N) is 1. The average Bonchev–Trinajstić information content (AvgIpc) is 2.63. The zero-order valence-electron chi connectivity index (χ0n) is 10.3. The van der Waals surface area contributed by atoms with E-state index < -0.39 is 5.91 Å². The summed E-state index contributed by atoms with van der Waals surface area (Å²) in [6.07, 6.45) is 3.39. The molecule has 8 heteroatoms. The molecule has 1 amide bonds. The quantitative estimate of drug-likeness (QED) is 0.640. The van der Waals surface area contributed by atoms with Crippen molar-refractivity contribution in [3.8, 4) is 0 Å². The Morgan fingerprint density at radius 3 is 2.83 bits per heavy atom. The molecule has 3 N–H and O–H groups in total. The highest BCUT2D eigenvalue weighted by molar-refractivity contribution is 7.80. The number of thiocarbonyl (C=S) groups is 1. The third kappa shape index (κ3) is 3.85. The van der Waals surface area contributed by atoms with Gasteiger partial charge in [0.15, 0.2) is 10.8 Å². The average molecular weight is 290 g/mol. The number of rotatable bonds is 4. The summed E-state index contributed by atoms with van der Waals surface area (Å²) in [6, 6.07) is 0. The molecule has 0 radical (unpaired) electrons. The number of carbonyl (C=O) groups excluding carboxylic acids is 1. The van der Waals surface area contributed by atoms with Gasteiger partial charge in [0.25, 0.3) is 5.91 Å². The molecule has 0 fully saturated rings. The van der Waals surface area contributed by atoms with E-state index in [1.807, 2.05) is 6.92 Å². The summed E-state index contributed by atoms with van der Waals surface area (Å²) >= 11 is 10.7. The minimum Gasteiger partial charge on any atom is -0.375 e. The number of halogens is 1. The van der Waals surface area contributed by atoms with Crippen molar-refractivity contribution in [2.75, 3.05) is 6.54 Å². The first-order valence-electron chi connectivity index (χ1n) is 5.52. The summed E-state index contributed by atoms with van der Waals surface area (Å²) in [4.78, 5) is 11.9. The van der Waals surface area contributed by atoms with Crippen molar-refractivity contribution < 1.29 is 4.79 Å². The summed E-state index contributed by atoms with van der Waals surface area (Å²) in [5.74, 6) is -0.426. The maximum Gasteiger partial charge on any atom is 0.291 e. The van der Waals surface area contributed by atoms with Gasteiger partial charge in [-0.25, -0.2) is 0 Å². The fraction of sp³-hybridized carbons (Fsp3) is 0.500. The van der Waals surface area contributed by atoms with E-state index in [1.54, 1.807) is 13.2 Å². The molecule has 0 saturated carbocycles. The number of hydrazine groups is 1. The fourth-order valence-corrected chi connectivity index (χ4v) is 1.73. The number of nitrogens with two attached hydrogens (primary N) is 1. The van der Waals surface area contributed by atoms with E-state index >= 15 is 0 Å². The highest BCUT2D eigenvalue weighted by Crippen LogP contribution is 2.12. The molecule has 1 heterocycles. The fourth-order valence-electron chi connectivity index (χ4n) is 1.33. The molecule has 18 heavy (non-hydrogen) atoms. The molecule has 0 aliphatic carbocycles. The van der Waals surface area contributed by atoms with E-state index in [0.29, 0.717) is 6.54 Å². The van der Waals surface area contributed by atoms with Gasteiger partial charge in [-0.1, -0.05) is 24.9 Å². The van der Waals surface area contributed by atoms with Crippen LogP contribution in [0.1, 0.15) is 30.3 Å². The Labute approximate surface area is 116 Å². The molecule has 0 saturated heterocycles. The van der Waals surface area contributed by atoms with Crippen molar-refractivity contribution in [2.24, 2.45) is 12.8 Å². The molecule has 1 rings (SSSR count). The molecule has 1 aromatic rings. The molecule has 0 aliphatic rings. The van der Waals surface area contributed by atoms with Crippen LogP contribution >= 0.6 is 23.8 Å². The molecule has 6 nitrogen and oxygen atoms in total. The summed E-state index contributed by atoms with van der Waals surface area (Å²) in [7, 11) is 1.69. The Morgan fingerprint density at radius 2 is 2.39 bits per heavy atom. The van der Waals surface area contributed by atoms with Crippen molar-refractivity contribution in [1.29, 1.82) is 0 Å². The lowest BCUT2D eigenvalue weighted by Crippen LogP contribution is -2.49. The zero-order chi connectivity index (χ0) is 13.7. The van der Waals surface area contributed by atoms with Crippen LogP contribution in [-0.4, -0.2) is 32.4 Å². The van der Waals surface area contributed by atoms with E-state index in [-0.39, 0.29) is 15.8 Å². The SMILES string of the molecule is CCCCN(NC(=O)c1nn(C)cc1Cl)C(N)=S. The molecule has 1 aromatic heterocycles. The largest absolute Gasteiger partial charge is 0.375 e. The van der Waals surface area contributed by atoms with E-state index in [9.17, 15) is 4.79 Å². The van der Waals surface area contributed by atoms with Crippen LogP contribution in [0.5, 0.6) is 0 Å². The third-order valence-electron chi connectivity index (χ3n) is 2.24. The monoisotopic (exact) mass is 289 g/mol. The number of carbonyl (C=O) groups is 1. The number of amides is 1. The molecule has 100 valence electrons. The Kier molecular flexibility index (Phi) is 5.36. The third-order valence-corrected chi connectivity index (χ3v) is 2.73. The van der Waals surface area contributed by atoms with Gasteiger partial charge in [-0.2, -0.15) is 5.10 Å². The molecular formula is C10H16ClN5OS.